The van der Waals surface area contributed by atoms with E-state index in [0.29, 0.717) is 31.6 Å². The van der Waals surface area contributed by atoms with Crippen LogP contribution in [0.1, 0.15) is 319 Å². The van der Waals surface area contributed by atoms with Crippen LogP contribution in [0.4, 0.5) is 0 Å². The number of ether oxygens (including phenoxy) is 4. The summed E-state index contributed by atoms with van der Waals surface area (Å²) in [7, 11) is -9.89. The molecule has 0 radical (unpaired) electrons. The number of esters is 4. The summed E-state index contributed by atoms with van der Waals surface area (Å²) < 4.78 is 68.1. The minimum absolute atomic E-state index is 0.103. The van der Waals surface area contributed by atoms with Gasteiger partial charge in [0, 0.05) is 25.7 Å². The van der Waals surface area contributed by atoms with Gasteiger partial charge in [0.05, 0.1) is 26.4 Å². The second-order valence-electron chi connectivity index (χ2n) is 25.3. The first-order chi connectivity index (χ1) is 40.7. The van der Waals surface area contributed by atoms with Crippen LogP contribution < -0.4 is 0 Å². The van der Waals surface area contributed by atoms with Crippen molar-refractivity contribution in [3.63, 3.8) is 0 Å². The van der Waals surface area contributed by atoms with Crippen molar-refractivity contribution < 1.29 is 80.2 Å². The number of carbonyl (C=O) groups excluding carboxylic acids is 4. The molecule has 0 heterocycles. The highest BCUT2D eigenvalue weighted by Crippen LogP contribution is 2.45. The lowest BCUT2D eigenvalue weighted by molar-refractivity contribution is -0.161. The van der Waals surface area contributed by atoms with E-state index >= 15 is 0 Å². The van der Waals surface area contributed by atoms with Gasteiger partial charge in [-0.2, -0.15) is 0 Å². The molecule has 3 N–H and O–H groups in total. The van der Waals surface area contributed by atoms with Gasteiger partial charge in [0.25, 0.3) is 0 Å². The summed E-state index contributed by atoms with van der Waals surface area (Å²) in [5, 5.41) is 10.6. The van der Waals surface area contributed by atoms with Crippen molar-refractivity contribution in [2.75, 3.05) is 39.6 Å². The molecule has 0 aromatic carbocycles. The van der Waals surface area contributed by atoms with Crippen molar-refractivity contribution in [1.82, 2.24) is 0 Å². The zero-order chi connectivity index (χ0) is 63.2. The maximum Gasteiger partial charge on any atom is 0.472 e. The minimum atomic E-state index is -4.95. The third-order valence-electron chi connectivity index (χ3n) is 15.8. The maximum absolute atomic E-state index is 13.0. The monoisotopic (exact) mass is 1250 g/mol. The lowest BCUT2D eigenvalue weighted by Crippen LogP contribution is -2.30. The van der Waals surface area contributed by atoms with Crippen LogP contribution in [0, 0.1) is 23.7 Å². The average molecular weight is 1260 g/mol. The zero-order valence-corrected chi connectivity index (χ0v) is 57.0. The fourth-order valence-electron chi connectivity index (χ4n) is 9.72. The topological polar surface area (TPSA) is 237 Å². The van der Waals surface area contributed by atoms with E-state index in [9.17, 15) is 43.2 Å². The maximum atomic E-state index is 13.0. The highest BCUT2D eigenvalue weighted by atomic mass is 31.2. The molecule has 85 heavy (non-hydrogen) atoms. The largest absolute Gasteiger partial charge is 0.472 e. The van der Waals surface area contributed by atoms with Gasteiger partial charge in [-0.05, 0) is 49.4 Å². The van der Waals surface area contributed by atoms with Crippen molar-refractivity contribution in [3.8, 4) is 0 Å². The molecule has 0 aliphatic heterocycles. The van der Waals surface area contributed by atoms with Gasteiger partial charge in [-0.1, -0.05) is 267 Å². The molecule has 0 saturated heterocycles. The number of unbranched alkanes of at least 4 members (excludes halogenated alkanes) is 27. The fraction of sp³-hybridized carbons (Fsp3) is 0.939. The number of hydrogen-bond donors (Lipinski definition) is 3. The Morgan fingerprint density at radius 1 is 0.329 bits per heavy atom. The molecule has 19 heteroatoms. The summed E-state index contributed by atoms with van der Waals surface area (Å²) in [6.45, 7) is 14.0. The number of aliphatic hydroxyl groups excluding tert-OH is 1. The van der Waals surface area contributed by atoms with Crippen molar-refractivity contribution in [3.05, 3.63) is 0 Å². The van der Waals surface area contributed by atoms with Gasteiger partial charge in [0.15, 0.2) is 12.2 Å². The van der Waals surface area contributed by atoms with E-state index in [1.807, 2.05) is 0 Å². The zero-order valence-electron chi connectivity index (χ0n) is 55.2. The molecular formula is C66H128O17P2. The Labute approximate surface area is 517 Å². The molecule has 17 nitrogen and oxygen atoms in total. The molecule has 0 rings (SSSR count). The molecule has 0 saturated carbocycles. The highest BCUT2D eigenvalue weighted by molar-refractivity contribution is 7.47. The fourth-order valence-corrected chi connectivity index (χ4v) is 11.3. The normalized spacial score (nSPS) is 15.0. The SMILES string of the molecule is CCC(C)CCCCCCCCCCC(=O)O[C@H](COC(=O)CCCCCCCCC(C)C)COP(=O)(O)OC[C@H](O)COP(=O)(O)OC[C@@H](COC(=O)CCCCCCCCC(C)CC)OC(=O)CCCCCCCCCCCCCC(C)C. The molecule has 0 aliphatic rings. The van der Waals surface area contributed by atoms with Gasteiger partial charge in [-0.25, -0.2) is 9.13 Å². The smallest absolute Gasteiger partial charge is 0.462 e. The predicted octanol–water partition coefficient (Wildman–Crippen LogP) is 18.1. The molecule has 504 valence electrons. The van der Waals surface area contributed by atoms with E-state index < -0.39 is 97.5 Å². The van der Waals surface area contributed by atoms with Crippen molar-refractivity contribution in [1.29, 1.82) is 0 Å². The second-order valence-corrected chi connectivity index (χ2v) is 28.2. The Kier molecular flexibility index (Phi) is 54.8. The van der Waals surface area contributed by atoms with Gasteiger partial charge in [-0.15, -0.1) is 0 Å². The molecule has 7 atom stereocenters. The lowest BCUT2D eigenvalue weighted by Gasteiger charge is -2.21. The van der Waals surface area contributed by atoms with E-state index in [0.717, 1.165) is 120 Å². The number of carbonyl (C=O) groups is 4. The molecule has 0 spiro atoms. The van der Waals surface area contributed by atoms with Gasteiger partial charge in [0.1, 0.15) is 19.3 Å². The van der Waals surface area contributed by atoms with E-state index in [-0.39, 0.29) is 25.7 Å². The van der Waals surface area contributed by atoms with E-state index in [2.05, 4.69) is 55.4 Å². The Bertz CT molecular complexity index is 1700. The van der Waals surface area contributed by atoms with E-state index in [1.54, 1.807) is 0 Å². The summed E-state index contributed by atoms with van der Waals surface area (Å²) in [5.41, 5.74) is 0. The molecule has 0 fully saturated rings. The van der Waals surface area contributed by atoms with Crippen LogP contribution in [-0.2, 0) is 65.4 Å². The van der Waals surface area contributed by atoms with Crippen LogP contribution in [0.2, 0.25) is 0 Å². The Morgan fingerprint density at radius 3 is 0.835 bits per heavy atom. The molecule has 0 bridgehead atoms. The van der Waals surface area contributed by atoms with E-state index in [4.69, 9.17) is 37.0 Å². The van der Waals surface area contributed by atoms with Gasteiger partial charge in [0.2, 0.25) is 0 Å². The first kappa shape index (κ1) is 83.1. The summed E-state index contributed by atoms with van der Waals surface area (Å²) >= 11 is 0. The molecule has 4 unspecified atom stereocenters. The number of aliphatic hydroxyl groups is 1. The molecular weight excluding hydrogens is 1130 g/mol. The molecule has 0 aliphatic carbocycles. The van der Waals surface area contributed by atoms with Crippen LogP contribution >= 0.6 is 15.6 Å². The van der Waals surface area contributed by atoms with Gasteiger partial charge >= 0.3 is 39.5 Å². The van der Waals surface area contributed by atoms with Crippen LogP contribution in [0.5, 0.6) is 0 Å². The molecule has 0 aromatic rings. The lowest BCUT2D eigenvalue weighted by atomic mass is 9.99. The third kappa shape index (κ3) is 58.2. The number of phosphoric ester groups is 2. The van der Waals surface area contributed by atoms with Gasteiger partial charge in [-0.3, -0.25) is 37.3 Å². The van der Waals surface area contributed by atoms with Crippen LogP contribution in [0.25, 0.3) is 0 Å². The predicted molar refractivity (Wildman–Crippen MR) is 340 cm³/mol. The first-order valence-corrected chi connectivity index (χ1v) is 37.3. The Hall–Kier alpha value is -1.94. The third-order valence-corrected chi connectivity index (χ3v) is 17.7. The summed E-state index contributed by atoms with van der Waals surface area (Å²) in [6.07, 6.45) is 36.3. The van der Waals surface area contributed by atoms with Crippen LogP contribution in [-0.4, -0.2) is 96.7 Å². The number of phosphoric acid groups is 2. The van der Waals surface area contributed by atoms with Crippen LogP contribution in [0.3, 0.4) is 0 Å². The Balaban J connectivity index is 5.26. The highest BCUT2D eigenvalue weighted by Gasteiger charge is 2.30. The van der Waals surface area contributed by atoms with Crippen LogP contribution in [0.15, 0.2) is 0 Å². The number of rotatable bonds is 63. The van der Waals surface area contributed by atoms with Crippen molar-refractivity contribution >= 4 is 39.5 Å². The summed E-state index contributed by atoms with van der Waals surface area (Å²) in [6, 6.07) is 0. The number of hydrogen-bond acceptors (Lipinski definition) is 15. The standard InChI is InChI=1S/C66H128O17P2/c1-9-58(7)44-36-28-19-16-17-21-33-41-49-66(71)83-61(52-76-63(68)46-38-30-24-22-27-35-43-57(5)6)54-80-84(72,73)78-50-60(67)51-79-85(74,75)81-55-62(53-77-64(69)47-39-31-25-23-29-37-45-59(8)10-2)82-65(70)48-40-32-20-15-13-11-12-14-18-26-34-42-56(3)4/h56-62,67H,9-55H2,1-8H3,(H,72,73)(H,74,75)/t58?,59?,60-,61+,62+/m0/s1. The Morgan fingerprint density at radius 2 is 0.565 bits per heavy atom. The van der Waals surface area contributed by atoms with Crippen molar-refractivity contribution in [2.24, 2.45) is 23.7 Å². The second kappa shape index (κ2) is 56.1. The van der Waals surface area contributed by atoms with Crippen molar-refractivity contribution in [2.45, 2.75) is 337 Å². The average Bonchev–Trinajstić information content (AvgIpc) is 3.55. The summed E-state index contributed by atoms with van der Waals surface area (Å²) in [4.78, 5) is 72.3. The minimum Gasteiger partial charge on any atom is -0.462 e. The molecule has 0 amide bonds. The van der Waals surface area contributed by atoms with E-state index in [1.165, 1.54) is 109 Å². The first-order valence-electron chi connectivity index (χ1n) is 34.3. The molecule has 0 aromatic heterocycles. The summed E-state index contributed by atoms with van der Waals surface area (Å²) in [5.74, 6) is 0.806. The quantitative estimate of drug-likeness (QED) is 0.0222. The van der Waals surface area contributed by atoms with Gasteiger partial charge < -0.3 is 33.8 Å².